The molecule has 1 heteroatoms. The first-order chi connectivity index (χ1) is 6.50. The molecule has 0 aliphatic carbocycles. The maximum Gasteiger partial charge on any atom is 0.139 e. The van der Waals surface area contributed by atoms with Crippen molar-refractivity contribution in [3.63, 3.8) is 0 Å². The standard InChI is InChI=1S/C13H18O/c1-5-11-8-6-7-9-12(11)13(3,4)10(2)14/h6-9H,5H2,1-4H3. The Balaban J connectivity index is 3.24. The molecule has 1 nitrogen and oxygen atoms in total. The summed E-state index contributed by atoms with van der Waals surface area (Å²) in [4.78, 5) is 11.5. The topological polar surface area (TPSA) is 17.1 Å². The van der Waals surface area contributed by atoms with Crippen molar-refractivity contribution in [2.45, 2.75) is 39.5 Å². The zero-order chi connectivity index (χ0) is 10.8. The van der Waals surface area contributed by atoms with E-state index in [0.29, 0.717) is 0 Å². The summed E-state index contributed by atoms with van der Waals surface area (Å²) in [5.74, 6) is 0.221. The molecule has 0 amide bonds. The average molecular weight is 190 g/mol. The summed E-state index contributed by atoms with van der Waals surface area (Å²) >= 11 is 0. The number of ketones is 1. The molecular weight excluding hydrogens is 172 g/mol. The van der Waals surface area contributed by atoms with Crippen molar-refractivity contribution in [2.24, 2.45) is 0 Å². The fourth-order valence-electron chi connectivity index (χ4n) is 1.63. The Bertz CT molecular complexity index is 337. The van der Waals surface area contributed by atoms with Crippen LogP contribution in [0, 0.1) is 0 Å². The Labute approximate surface area is 86.1 Å². The number of Topliss-reactive ketones (excluding diaryl/α,β-unsaturated/α-hetero) is 1. The molecule has 0 saturated heterocycles. The van der Waals surface area contributed by atoms with Crippen LogP contribution in [-0.2, 0) is 16.6 Å². The predicted octanol–water partition coefficient (Wildman–Crippen LogP) is 3.12. The highest BCUT2D eigenvalue weighted by atomic mass is 16.1. The van der Waals surface area contributed by atoms with E-state index in [9.17, 15) is 4.79 Å². The van der Waals surface area contributed by atoms with E-state index >= 15 is 0 Å². The molecule has 0 N–H and O–H groups in total. The van der Waals surface area contributed by atoms with Crippen LogP contribution in [0.5, 0.6) is 0 Å². The SMILES string of the molecule is CCc1ccccc1C(C)(C)C(C)=O. The minimum Gasteiger partial charge on any atom is -0.299 e. The molecular formula is C13H18O. The first kappa shape index (κ1) is 11.0. The van der Waals surface area contributed by atoms with Gasteiger partial charge in [-0.2, -0.15) is 0 Å². The quantitative estimate of drug-likeness (QED) is 0.715. The maximum atomic E-state index is 11.5. The predicted molar refractivity (Wildman–Crippen MR) is 59.5 cm³/mol. The highest BCUT2D eigenvalue weighted by molar-refractivity contribution is 5.87. The lowest BCUT2D eigenvalue weighted by molar-refractivity contribution is -0.121. The summed E-state index contributed by atoms with van der Waals surface area (Å²) in [7, 11) is 0. The number of carbonyl (C=O) groups is 1. The van der Waals surface area contributed by atoms with E-state index in [1.165, 1.54) is 5.56 Å². The number of aryl methyl sites for hydroxylation is 1. The maximum absolute atomic E-state index is 11.5. The van der Waals surface area contributed by atoms with Gasteiger partial charge in [0.2, 0.25) is 0 Å². The van der Waals surface area contributed by atoms with Gasteiger partial charge in [0.1, 0.15) is 5.78 Å². The Kier molecular flexibility index (Phi) is 3.10. The van der Waals surface area contributed by atoms with E-state index in [1.54, 1.807) is 6.92 Å². The molecule has 76 valence electrons. The summed E-state index contributed by atoms with van der Waals surface area (Å²) in [6.45, 7) is 7.76. The third kappa shape index (κ3) is 1.87. The van der Waals surface area contributed by atoms with Crippen molar-refractivity contribution in [3.8, 4) is 0 Å². The van der Waals surface area contributed by atoms with Gasteiger partial charge in [-0.25, -0.2) is 0 Å². The van der Waals surface area contributed by atoms with Crippen molar-refractivity contribution in [3.05, 3.63) is 35.4 Å². The van der Waals surface area contributed by atoms with E-state index in [4.69, 9.17) is 0 Å². The molecule has 0 spiro atoms. The lowest BCUT2D eigenvalue weighted by Gasteiger charge is -2.24. The molecule has 0 unspecified atom stereocenters. The normalized spacial score (nSPS) is 11.4. The van der Waals surface area contributed by atoms with Crippen LogP contribution in [0.25, 0.3) is 0 Å². The number of benzene rings is 1. The first-order valence-electron chi connectivity index (χ1n) is 5.09. The van der Waals surface area contributed by atoms with Crippen molar-refractivity contribution in [1.82, 2.24) is 0 Å². The van der Waals surface area contributed by atoms with Crippen molar-refractivity contribution in [1.29, 1.82) is 0 Å². The second kappa shape index (κ2) is 3.95. The van der Waals surface area contributed by atoms with Gasteiger partial charge in [0.05, 0.1) is 0 Å². The van der Waals surface area contributed by atoms with Crippen LogP contribution in [0.3, 0.4) is 0 Å². The van der Waals surface area contributed by atoms with Gasteiger partial charge < -0.3 is 0 Å². The Morgan fingerprint density at radius 1 is 1.29 bits per heavy atom. The van der Waals surface area contributed by atoms with E-state index in [0.717, 1.165) is 12.0 Å². The van der Waals surface area contributed by atoms with Gasteiger partial charge in [0.25, 0.3) is 0 Å². The van der Waals surface area contributed by atoms with Gasteiger partial charge in [-0.1, -0.05) is 31.2 Å². The lowest BCUT2D eigenvalue weighted by Crippen LogP contribution is -2.27. The van der Waals surface area contributed by atoms with Crippen LogP contribution in [0.15, 0.2) is 24.3 Å². The van der Waals surface area contributed by atoms with E-state index in [-0.39, 0.29) is 11.2 Å². The zero-order valence-corrected chi connectivity index (χ0v) is 9.42. The molecule has 0 aromatic heterocycles. The van der Waals surface area contributed by atoms with Crippen molar-refractivity contribution >= 4 is 5.78 Å². The van der Waals surface area contributed by atoms with Crippen LogP contribution in [0.1, 0.15) is 38.8 Å². The summed E-state index contributed by atoms with van der Waals surface area (Å²) in [6, 6.07) is 8.18. The smallest absolute Gasteiger partial charge is 0.139 e. The average Bonchev–Trinajstić information content (AvgIpc) is 2.17. The molecule has 1 rings (SSSR count). The second-order valence-electron chi connectivity index (χ2n) is 4.19. The van der Waals surface area contributed by atoms with Gasteiger partial charge in [-0.05, 0) is 38.3 Å². The molecule has 0 radical (unpaired) electrons. The Morgan fingerprint density at radius 3 is 2.36 bits per heavy atom. The minimum atomic E-state index is -0.355. The molecule has 1 aromatic carbocycles. The highest BCUT2D eigenvalue weighted by Gasteiger charge is 2.27. The van der Waals surface area contributed by atoms with E-state index in [1.807, 2.05) is 26.0 Å². The van der Waals surface area contributed by atoms with Crippen LogP contribution in [-0.4, -0.2) is 5.78 Å². The number of carbonyl (C=O) groups excluding carboxylic acids is 1. The Morgan fingerprint density at radius 2 is 1.86 bits per heavy atom. The van der Waals surface area contributed by atoms with Crippen LogP contribution >= 0.6 is 0 Å². The monoisotopic (exact) mass is 190 g/mol. The molecule has 0 bridgehead atoms. The summed E-state index contributed by atoms with van der Waals surface area (Å²) < 4.78 is 0. The van der Waals surface area contributed by atoms with Gasteiger partial charge >= 0.3 is 0 Å². The van der Waals surface area contributed by atoms with Crippen molar-refractivity contribution < 1.29 is 4.79 Å². The summed E-state index contributed by atoms with van der Waals surface area (Å²) in [6.07, 6.45) is 0.979. The minimum absolute atomic E-state index is 0.221. The summed E-state index contributed by atoms with van der Waals surface area (Å²) in [5.41, 5.74) is 2.08. The highest BCUT2D eigenvalue weighted by Crippen LogP contribution is 2.27. The van der Waals surface area contributed by atoms with E-state index in [2.05, 4.69) is 19.1 Å². The van der Waals surface area contributed by atoms with Gasteiger partial charge in [0.15, 0.2) is 0 Å². The number of hydrogen-bond acceptors (Lipinski definition) is 1. The van der Waals surface area contributed by atoms with Gasteiger partial charge in [-0.15, -0.1) is 0 Å². The number of rotatable bonds is 3. The van der Waals surface area contributed by atoms with E-state index < -0.39 is 0 Å². The molecule has 1 aromatic rings. The Hall–Kier alpha value is -1.11. The molecule has 0 heterocycles. The lowest BCUT2D eigenvalue weighted by atomic mass is 9.78. The van der Waals surface area contributed by atoms with Crippen LogP contribution < -0.4 is 0 Å². The third-order valence-electron chi connectivity index (χ3n) is 2.95. The molecule has 0 saturated carbocycles. The van der Waals surface area contributed by atoms with Crippen LogP contribution in [0.4, 0.5) is 0 Å². The second-order valence-corrected chi connectivity index (χ2v) is 4.19. The molecule has 0 aliphatic heterocycles. The summed E-state index contributed by atoms with van der Waals surface area (Å²) in [5, 5.41) is 0. The van der Waals surface area contributed by atoms with Crippen molar-refractivity contribution in [2.75, 3.05) is 0 Å². The molecule has 0 atom stereocenters. The first-order valence-corrected chi connectivity index (χ1v) is 5.09. The molecule has 0 aliphatic rings. The fourth-order valence-corrected chi connectivity index (χ4v) is 1.63. The molecule has 0 fully saturated rings. The number of hydrogen-bond donors (Lipinski definition) is 0. The van der Waals surface area contributed by atoms with Gasteiger partial charge in [0, 0.05) is 5.41 Å². The van der Waals surface area contributed by atoms with Gasteiger partial charge in [-0.3, -0.25) is 4.79 Å². The largest absolute Gasteiger partial charge is 0.299 e. The zero-order valence-electron chi connectivity index (χ0n) is 9.42. The molecule has 14 heavy (non-hydrogen) atoms. The fraction of sp³-hybridized carbons (Fsp3) is 0.462. The third-order valence-corrected chi connectivity index (χ3v) is 2.95. The van der Waals surface area contributed by atoms with Crippen LogP contribution in [0.2, 0.25) is 0 Å².